The van der Waals surface area contributed by atoms with E-state index in [0.717, 1.165) is 0 Å². The number of benzene rings is 1. The van der Waals surface area contributed by atoms with Crippen LogP contribution in [0.2, 0.25) is 0 Å². The van der Waals surface area contributed by atoms with E-state index in [9.17, 15) is 4.79 Å². The fraction of sp³-hybridized carbons (Fsp3) is 0.500. The first-order valence-electron chi connectivity index (χ1n) is 7.16. The van der Waals surface area contributed by atoms with Gasteiger partial charge in [0.05, 0.1) is 18.8 Å². The fourth-order valence-corrected chi connectivity index (χ4v) is 2.23. The molecule has 1 atom stereocenters. The first-order valence-corrected chi connectivity index (χ1v) is 7.16. The van der Waals surface area contributed by atoms with Crippen molar-refractivity contribution >= 4 is 5.91 Å². The molecule has 1 saturated heterocycles. The summed E-state index contributed by atoms with van der Waals surface area (Å²) in [5.74, 6) is 0.438. The minimum absolute atomic E-state index is 0.0205. The molecule has 1 fully saturated rings. The molecule has 0 bridgehead atoms. The van der Waals surface area contributed by atoms with Crippen molar-refractivity contribution < 1.29 is 14.3 Å². The lowest BCUT2D eigenvalue weighted by molar-refractivity contribution is -0.144. The lowest BCUT2D eigenvalue weighted by atomic mass is 10.1. The van der Waals surface area contributed by atoms with Gasteiger partial charge in [0.25, 0.3) is 5.91 Å². The molecule has 1 heterocycles. The van der Waals surface area contributed by atoms with E-state index in [0.29, 0.717) is 37.6 Å². The number of hydrogen-bond donors (Lipinski definition) is 0. The number of nitrogens with zero attached hydrogens (tertiary/aromatic N) is 2. The smallest absolute Gasteiger partial charge is 0.264 e. The van der Waals surface area contributed by atoms with Crippen molar-refractivity contribution in [3.63, 3.8) is 0 Å². The molecule has 0 spiro atoms. The number of nitriles is 1. The van der Waals surface area contributed by atoms with Crippen molar-refractivity contribution in [3.8, 4) is 11.8 Å². The molecule has 0 radical (unpaired) electrons. The Labute approximate surface area is 125 Å². The van der Waals surface area contributed by atoms with Crippen LogP contribution in [0.25, 0.3) is 0 Å². The largest absolute Gasteiger partial charge is 0.479 e. The van der Waals surface area contributed by atoms with Gasteiger partial charge < -0.3 is 14.4 Å². The summed E-state index contributed by atoms with van der Waals surface area (Å²) >= 11 is 0. The number of morpholine rings is 1. The summed E-state index contributed by atoms with van der Waals surface area (Å²) in [5.41, 5.74) is 0.443. The second-order valence-electron chi connectivity index (χ2n) is 5.33. The van der Waals surface area contributed by atoms with Gasteiger partial charge in [0.15, 0.2) is 6.10 Å². The minimum atomic E-state index is -0.586. The Morgan fingerprint density at radius 3 is 2.62 bits per heavy atom. The first kappa shape index (κ1) is 15.3. The summed E-state index contributed by atoms with van der Waals surface area (Å²) in [6.07, 6.45) is -0.586. The van der Waals surface area contributed by atoms with Crippen molar-refractivity contribution in [2.45, 2.75) is 20.0 Å². The molecule has 5 nitrogen and oxygen atoms in total. The number of para-hydroxylation sites is 1. The monoisotopic (exact) mass is 288 g/mol. The Morgan fingerprint density at radius 1 is 1.33 bits per heavy atom. The summed E-state index contributed by atoms with van der Waals surface area (Å²) in [6.45, 7) is 6.18. The molecule has 0 aromatic heterocycles. The van der Waals surface area contributed by atoms with Gasteiger partial charge in [-0.2, -0.15) is 5.26 Å². The van der Waals surface area contributed by atoms with E-state index in [2.05, 4.69) is 6.07 Å². The zero-order valence-electron chi connectivity index (χ0n) is 12.4. The highest BCUT2D eigenvalue weighted by Gasteiger charge is 2.30. The molecular formula is C16H20N2O3. The van der Waals surface area contributed by atoms with Gasteiger partial charge in [-0.05, 0) is 18.1 Å². The average Bonchev–Trinajstić information content (AvgIpc) is 2.53. The van der Waals surface area contributed by atoms with Gasteiger partial charge in [-0.15, -0.1) is 0 Å². The molecule has 1 amide bonds. The normalized spacial score (nSPS) is 16.4. The molecular weight excluding hydrogens is 268 g/mol. The molecule has 21 heavy (non-hydrogen) atoms. The van der Waals surface area contributed by atoms with Crippen molar-refractivity contribution in [1.29, 1.82) is 5.26 Å². The Bertz CT molecular complexity index is 531. The van der Waals surface area contributed by atoms with E-state index >= 15 is 0 Å². The van der Waals surface area contributed by atoms with Gasteiger partial charge in [-0.25, -0.2) is 0 Å². The van der Waals surface area contributed by atoms with Crippen LogP contribution in [0.15, 0.2) is 24.3 Å². The van der Waals surface area contributed by atoms with Crippen LogP contribution in [-0.2, 0) is 9.53 Å². The van der Waals surface area contributed by atoms with Gasteiger partial charge >= 0.3 is 0 Å². The second-order valence-corrected chi connectivity index (χ2v) is 5.33. The maximum Gasteiger partial charge on any atom is 0.264 e. The zero-order chi connectivity index (χ0) is 15.2. The van der Waals surface area contributed by atoms with E-state index in [4.69, 9.17) is 14.7 Å². The number of ether oxygens (including phenoxy) is 2. The summed E-state index contributed by atoms with van der Waals surface area (Å²) in [6, 6.07) is 9.07. The fourth-order valence-electron chi connectivity index (χ4n) is 2.23. The predicted molar refractivity (Wildman–Crippen MR) is 77.8 cm³/mol. The SMILES string of the molecule is CC(C)C(Oc1ccccc1C#N)C(=O)N1CCOCC1. The lowest BCUT2D eigenvalue weighted by Crippen LogP contribution is -2.49. The van der Waals surface area contributed by atoms with Crippen LogP contribution < -0.4 is 4.74 Å². The number of carbonyl (C=O) groups is 1. The Balaban J connectivity index is 2.15. The lowest BCUT2D eigenvalue weighted by Gasteiger charge is -2.32. The first-order chi connectivity index (χ1) is 10.1. The van der Waals surface area contributed by atoms with Crippen molar-refractivity contribution in [1.82, 2.24) is 4.90 Å². The molecule has 0 aliphatic carbocycles. The topological polar surface area (TPSA) is 62.6 Å². The van der Waals surface area contributed by atoms with E-state index in [1.807, 2.05) is 13.8 Å². The van der Waals surface area contributed by atoms with Crippen LogP contribution in [0, 0.1) is 17.2 Å². The van der Waals surface area contributed by atoms with E-state index in [1.54, 1.807) is 29.2 Å². The highest BCUT2D eigenvalue weighted by molar-refractivity contribution is 5.81. The highest BCUT2D eigenvalue weighted by Crippen LogP contribution is 2.22. The minimum Gasteiger partial charge on any atom is -0.479 e. The summed E-state index contributed by atoms with van der Waals surface area (Å²) in [4.78, 5) is 14.4. The van der Waals surface area contributed by atoms with E-state index < -0.39 is 6.10 Å². The Hall–Kier alpha value is -2.06. The maximum absolute atomic E-state index is 12.6. The van der Waals surface area contributed by atoms with Crippen LogP contribution in [-0.4, -0.2) is 43.2 Å². The van der Waals surface area contributed by atoms with Crippen LogP contribution in [0.5, 0.6) is 5.75 Å². The van der Waals surface area contributed by atoms with Gasteiger partial charge in [-0.1, -0.05) is 26.0 Å². The third kappa shape index (κ3) is 3.73. The standard InChI is InChI=1S/C16H20N2O3/c1-12(2)15(16(19)18-7-9-20-10-8-18)21-14-6-4-3-5-13(14)11-17/h3-6,12,15H,7-10H2,1-2H3. The molecule has 5 heteroatoms. The molecule has 1 aromatic rings. The van der Waals surface area contributed by atoms with Gasteiger partial charge in [-0.3, -0.25) is 4.79 Å². The number of amides is 1. The number of hydrogen-bond acceptors (Lipinski definition) is 4. The molecule has 1 aromatic carbocycles. The van der Waals surface area contributed by atoms with Gasteiger partial charge in [0, 0.05) is 13.1 Å². The quantitative estimate of drug-likeness (QED) is 0.848. The highest BCUT2D eigenvalue weighted by atomic mass is 16.5. The van der Waals surface area contributed by atoms with Crippen LogP contribution in [0.1, 0.15) is 19.4 Å². The summed E-state index contributed by atoms with van der Waals surface area (Å²) < 4.78 is 11.1. The van der Waals surface area contributed by atoms with Gasteiger partial charge in [0.2, 0.25) is 0 Å². The Morgan fingerprint density at radius 2 is 2.00 bits per heavy atom. The summed E-state index contributed by atoms with van der Waals surface area (Å²) in [5, 5.41) is 9.12. The number of carbonyl (C=O) groups excluding carboxylic acids is 1. The molecule has 1 aliphatic heterocycles. The van der Waals surface area contributed by atoms with Crippen molar-refractivity contribution in [3.05, 3.63) is 29.8 Å². The zero-order valence-corrected chi connectivity index (χ0v) is 12.4. The molecule has 1 unspecified atom stereocenters. The van der Waals surface area contributed by atoms with Crippen molar-refractivity contribution in [2.24, 2.45) is 5.92 Å². The van der Waals surface area contributed by atoms with Crippen molar-refractivity contribution in [2.75, 3.05) is 26.3 Å². The summed E-state index contributed by atoms with van der Waals surface area (Å²) in [7, 11) is 0. The average molecular weight is 288 g/mol. The molecule has 0 N–H and O–H groups in total. The van der Waals surface area contributed by atoms with Crippen LogP contribution in [0.3, 0.4) is 0 Å². The molecule has 1 aliphatic rings. The predicted octanol–water partition coefficient (Wildman–Crippen LogP) is 1.82. The third-order valence-corrected chi connectivity index (χ3v) is 3.43. The molecule has 0 saturated carbocycles. The maximum atomic E-state index is 12.6. The molecule has 112 valence electrons. The van der Waals surface area contributed by atoms with Crippen LogP contribution in [0.4, 0.5) is 0 Å². The van der Waals surface area contributed by atoms with Gasteiger partial charge in [0.1, 0.15) is 11.8 Å². The van der Waals surface area contributed by atoms with E-state index in [1.165, 1.54) is 0 Å². The van der Waals surface area contributed by atoms with Crippen LogP contribution >= 0.6 is 0 Å². The third-order valence-electron chi connectivity index (χ3n) is 3.43. The van der Waals surface area contributed by atoms with E-state index in [-0.39, 0.29) is 11.8 Å². The number of rotatable bonds is 4. The second kappa shape index (κ2) is 7.09. The molecule has 2 rings (SSSR count). The Kier molecular flexibility index (Phi) is 5.18.